The zero-order valence-electron chi connectivity index (χ0n) is 15.5. The number of carbonyl (C=O) groups excluding carboxylic acids is 1. The number of hydrogen-bond acceptors (Lipinski definition) is 6. The third-order valence-corrected chi connectivity index (χ3v) is 5.08. The number of piperidine rings is 1. The molecular weight excluding hydrogens is 318 g/mol. The van der Waals surface area contributed by atoms with E-state index in [0.29, 0.717) is 25.6 Å². The van der Waals surface area contributed by atoms with Crippen LogP contribution in [0.1, 0.15) is 38.0 Å². The van der Waals surface area contributed by atoms with Crippen molar-refractivity contribution in [3.05, 3.63) is 18.0 Å². The number of likely N-dealkylation sites (tertiary alicyclic amines) is 1. The number of nitrogens with zero attached hydrogens (tertiary/aromatic N) is 5. The molecule has 0 saturated carbocycles. The Labute approximate surface area is 150 Å². The molecule has 0 aromatic carbocycles. The zero-order valence-corrected chi connectivity index (χ0v) is 15.5. The molecule has 7 heteroatoms. The summed E-state index contributed by atoms with van der Waals surface area (Å²) in [5.41, 5.74) is 0.840. The molecule has 3 rings (SSSR count). The van der Waals surface area contributed by atoms with E-state index in [1.807, 2.05) is 30.0 Å². The van der Waals surface area contributed by atoms with Gasteiger partial charge in [0.15, 0.2) is 0 Å². The fourth-order valence-electron chi connectivity index (χ4n) is 3.64. The average molecular weight is 347 g/mol. The average Bonchev–Trinajstić information content (AvgIpc) is 2.67. The summed E-state index contributed by atoms with van der Waals surface area (Å²) in [7, 11) is 3.83. The van der Waals surface area contributed by atoms with E-state index >= 15 is 0 Å². The first-order valence-electron chi connectivity index (χ1n) is 9.25. The van der Waals surface area contributed by atoms with Crippen LogP contribution in [-0.2, 0) is 9.53 Å². The number of carbonyl (C=O) groups is 1. The first kappa shape index (κ1) is 18.1. The van der Waals surface area contributed by atoms with Crippen LogP contribution < -0.4 is 4.90 Å². The topological polar surface area (TPSA) is 61.8 Å². The molecule has 3 heterocycles. The second kappa shape index (κ2) is 8.10. The van der Waals surface area contributed by atoms with E-state index in [0.717, 1.165) is 31.6 Å². The Morgan fingerprint density at radius 2 is 2.20 bits per heavy atom. The summed E-state index contributed by atoms with van der Waals surface area (Å²) in [5.74, 6) is 0.908. The summed E-state index contributed by atoms with van der Waals surface area (Å²) in [5, 5.41) is 0. The van der Waals surface area contributed by atoms with Crippen molar-refractivity contribution < 1.29 is 9.53 Å². The maximum Gasteiger partial charge on any atom is 0.240 e. The van der Waals surface area contributed by atoms with Crippen LogP contribution in [0, 0.1) is 0 Å². The van der Waals surface area contributed by atoms with Crippen LogP contribution >= 0.6 is 0 Å². The number of aromatic nitrogens is 2. The fraction of sp³-hybridized carbons (Fsp3) is 0.722. The molecule has 0 N–H and O–H groups in total. The van der Waals surface area contributed by atoms with E-state index in [-0.39, 0.29) is 18.1 Å². The second-order valence-electron chi connectivity index (χ2n) is 6.96. The van der Waals surface area contributed by atoms with Crippen molar-refractivity contribution in [3.8, 4) is 0 Å². The summed E-state index contributed by atoms with van der Waals surface area (Å²) in [4.78, 5) is 28.0. The van der Waals surface area contributed by atoms with Gasteiger partial charge in [0.2, 0.25) is 11.9 Å². The van der Waals surface area contributed by atoms with E-state index in [1.165, 1.54) is 6.42 Å². The van der Waals surface area contributed by atoms with Crippen LogP contribution in [0.15, 0.2) is 12.3 Å². The molecule has 0 bridgehead atoms. The lowest BCUT2D eigenvalue weighted by atomic mass is 10.0. The van der Waals surface area contributed by atoms with Gasteiger partial charge >= 0.3 is 0 Å². The summed E-state index contributed by atoms with van der Waals surface area (Å²) < 4.78 is 5.90. The minimum atomic E-state index is -0.182. The molecule has 2 aliphatic heterocycles. The Kier molecular flexibility index (Phi) is 5.86. The van der Waals surface area contributed by atoms with Gasteiger partial charge in [0, 0.05) is 26.8 Å². The van der Waals surface area contributed by atoms with Crippen LogP contribution in [-0.4, -0.2) is 78.6 Å². The molecule has 0 aliphatic carbocycles. The van der Waals surface area contributed by atoms with E-state index in [9.17, 15) is 4.79 Å². The van der Waals surface area contributed by atoms with E-state index in [4.69, 9.17) is 4.74 Å². The van der Waals surface area contributed by atoms with Crippen molar-refractivity contribution in [1.29, 1.82) is 0 Å². The third-order valence-electron chi connectivity index (χ3n) is 5.08. The lowest BCUT2D eigenvalue weighted by molar-refractivity contribution is -0.146. The van der Waals surface area contributed by atoms with Gasteiger partial charge in [-0.1, -0.05) is 13.3 Å². The number of likely N-dealkylation sites (N-methyl/N-ethyl adjacent to an activating group) is 1. The van der Waals surface area contributed by atoms with Crippen LogP contribution in [0.25, 0.3) is 0 Å². The molecule has 7 nitrogen and oxygen atoms in total. The molecule has 2 aliphatic rings. The van der Waals surface area contributed by atoms with Crippen LogP contribution in [0.5, 0.6) is 0 Å². The molecule has 2 atom stereocenters. The molecule has 1 amide bonds. The van der Waals surface area contributed by atoms with Gasteiger partial charge in [-0.2, -0.15) is 0 Å². The van der Waals surface area contributed by atoms with E-state index in [1.54, 1.807) is 6.20 Å². The van der Waals surface area contributed by atoms with Gasteiger partial charge in [-0.05, 0) is 32.0 Å². The number of morpholine rings is 1. The van der Waals surface area contributed by atoms with Crippen LogP contribution in [0.4, 0.5) is 5.95 Å². The van der Waals surface area contributed by atoms with Gasteiger partial charge in [-0.3, -0.25) is 9.69 Å². The number of anilines is 1. The van der Waals surface area contributed by atoms with Crippen molar-refractivity contribution in [2.24, 2.45) is 0 Å². The number of ether oxygens (including phenoxy) is 1. The summed E-state index contributed by atoms with van der Waals surface area (Å²) in [6, 6.07) is 1.91. The largest absolute Gasteiger partial charge is 0.368 e. The molecule has 25 heavy (non-hydrogen) atoms. The molecule has 1 aromatic heterocycles. The molecule has 1 aromatic rings. The fourth-order valence-corrected chi connectivity index (χ4v) is 3.64. The van der Waals surface area contributed by atoms with Gasteiger partial charge < -0.3 is 14.5 Å². The highest BCUT2D eigenvalue weighted by atomic mass is 16.5. The standard InChI is InChI=1S/C18H29N5O2/c1-4-22-10-6-5-7-15(22)17(24)23-11-12-25-16(13-23)14-8-9-19-18(20-14)21(2)3/h8-9,15-16H,4-7,10-13H2,1-3H3/t15-,16-/m0/s1. The molecule has 0 unspecified atom stereocenters. The third kappa shape index (κ3) is 4.10. The SMILES string of the molecule is CCN1CCCC[C@H]1C(=O)N1CCO[C@H](c2ccnc(N(C)C)n2)C1. The second-order valence-corrected chi connectivity index (χ2v) is 6.96. The first-order valence-corrected chi connectivity index (χ1v) is 9.25. The number of rotatable bonds is 4. The quantitative estimate of drug-likeness (QED) is 0.819. The highest BCUT2D eigenvalue weighted by Crippen LogP contribution is 2.25. The maximum atomic E-state index is 13.1. The van der Waals surface area contributed by atoms with Crippen molar-refractivity contribution >= 4 is 11.9 Å². The number of amides is 1. The van der Waals surface area contributed by atoms with Crippen molar-refractivity contribution in [3.63, 3.8) is 0 Å². The Morgan fingerprint density at radius 1 is 1.36 bits per heavy atom. The van der Waals surface area contributed by atoms with E-state index in [2.05, 4.69) is 21.8 Å². The Morgan fingerprint density at radius 3 is 2.96 bits per heavy atom. The lowest BCUT2D eigenvalue weighted by Crippen LogP contribution is -2.53. The molecule has 138 valence electrons. The molecule has 2 saturated heterocycles. The first-order chi connectivity index (χ1) is 12.1. The minimum Gasteiger partial charge on any atom is -0.368 e. The number of hydrogen-bond donors (Lipinski definition) is 0. The minimum absolute atomic E-state index is 0.0280. The normalized spacial score (nSPS) is 25.0. The van der Waals surface area contributed by atoms with Crippen molar-refractivity contribution in [2.75, 3.05) is 51.8 Å². The maximum absolute atomic E-state index is 13.1. The summed E-state index contributed by atoms with van der Waals surface area (Å²) >= 11 is 0. The van der Waals surface area contributed by atoms with Crippen molar-refractivity contribution in [2.45, 2.75) is 38.3 Å². The van der Waals surface area contributed by atoms with Crippen LogP contribution in [0.2, 0.25) is 0 Å². The molecular formula is C18H29N5O2. The monoisotopic (exact) mass is 347 g/mol. The smallest absolute Gasteiger partial charge is 0.240 e. The van der Waals surface area contributed by atoms with Gasteiger partial charge in [0.1, 0.15) is 6.10 Å². The van der Waals surface area contributed by atoms with Gasteiger partial charge in [0.05, 0.1) is 24.9 Å². The molecule has 2 fully saturated rings. The summed E-state index contributed by atoms with van der Waals surface area (Å²) in [6.07, 6.45) is 4.86. The highest BCUT2D eigenvalue weighted by Gasteiger charge is 2.34. The lowest BCUT2D eigenvalue weighted by Gasteiger charge is -2.40. The Balaban J connectivity index is 1.70. The van der Waals surface area contributed by atoms with Gasteiger partial charge in [0.25, 0.3) is 0 Å². The molecule has 0 spiro atoms. The predicted molar refractivity (Wildman–Crippen MR) is 96.5 cm³/mol. The predicted octanol–water partition coefficient (Wildman–Crippen LogP) is 1.32. The zero-order chi connectivity index (χ0) is 17.8. The highest BCUT2D eigenvalue weighted by molar-refractivity contribution is 5.82. The van der Waals surface area contributed by atoms with Crippen LogP contribution in [0.3, 0.4) is 0 Å². The molecule has 0 radical (unpaired) electrons. The van der Waals surface area contributed by atoms with Gasteiger partial charge in [-0.25, -0.2) is 9.97 Å². The van der Waals surface area contributed by atoms with Crippen molar-refractivity contribution in [1.82, 2.24) is 19.8 Å². The Bertz CT molecular complexity index is 595. The van der Waals surface area contributed by atoms with E-state index < -0.39 is 0 Å². The summed E-state index contributed by atoms with van der Waals surface area (Å²) in [6.45, 7) is 5.88. The Hall–Kier alpha value is -1.73. The van der Waals surface area contributed by atoms with Gasteiger partial charge in [-0.15, -0.1) is 0 Å².